The normalized spacial score (nSPS) is 12.3. The first-order chi connectivity index (χ1) is 6.97. The Morgan fingerprint density at radius 3 is 2.47 bits per heavy atom. The summed E-state index contributed by atoms with van der Waals surface area (Å²) in [4.78, 5) is 10.6. The van der Waals surface area contributed by atoms with Gasteiger partial charge in [-0.3, -0.25) is 0 Å². The van der Waals surface area contributed by atoms with Crippen LogP contribution in [-0.4, -0.2) is 23.3 Å². The van der Waals surface area contributed by atoms with Crippen molar-refractivity contribution < 1.29 is 19.7 Å². The molecule has 1 unspecified atom stereocenters. The van der Waals surface area contributed by atoms with E-state index in [4.69, 9.17) is 9.84 Å². The van der Waals surface area contributed by atoms with Gasteiger partial charge in [-0.25, -0.2) is 4.79 Å². The van der Waals surface area contributed by atoms with E-state index in [1.54, 1.807) is 12.1 Å². The number of rotatable bonds is 3. The predicted molar refractivity (Wildman–Crippen MR) is 71.0 cm³/mol. The Labute approximate surface area is 114 Å². The van der Waals surface area contributed by atoms with E-state index in [1.165, 1.54) is 7.11 Å². The summed E-state index contributed by atoms with van der Waals surface area (Å²) in [6.07, 6.45) is -1.51. The van der Waals surface area contributed by atoms with Crippen LogP contribution in [-0.2, 0) is 4.79 Å². The van der Waals surface area contributed by atoms with Crippen molar-refractivity contribution in [2.45, 2.75) is 6.10 Å². The molecule has 0 radical (unpaired) electrons. The van der Waals surface area contributed by atoms with Gasteiger partial charge in [-0.15, -0.1) is 0 Å². The molecule has 1 aromatic rings. The molecule has 0 amide bonds. The highest BCUT2D eigenvalue weighted by molar-refractivity contribution is 14.1. The molecule has 0 aliphatic carbocycles. The summed E-state index contributed by atoms with van der Waals surface area (Å²) in [5.41, 5.74) is 0.348. The molecular weight excluding hydrogens is 426 g/mol. The molecule has 0 fully saturated rings. The van der Waals surface area contributed by atoms with Crippen LogP contribution in [0.5, 0.6) is 5.75 Å². The number of aliphatic carboxylic acids is 1. The maximum Gasteiger partial charge on any atom is 0.337 e. The second-order valence-corrected chi connectivity index (χ2v) is 5.07. The van der Waals surface area contributed by atoms with E-state index in [9.17, 15) is 9.90 Å². The molecule has 0 saturated carbocycles. The van der Waals surface area contributed by atoms with Crippen LogP contribution in [0.1, 0.15) is 11.7 Å². The minimum atomic E-state index is -1.51. The monoisotopic (exact) mass is 434 g/mol. The molecular formula is C9H8I2O4. The number of benzene rings is 1. The van der Waals surface area contributed by atoms with Crippen molar-refractivity contribution in [3.05, 3.63) is 24.8 Å². The molecule has 6 heteroatoms. The number of carboxylic acid groups (broad SMARTS) is 1. The fraction of sp³-hybridized carbons (Fsp3) is 0.222. The predicted octanol–water partition coefficient (Wildman–Crippen LogP) is 2.02. The van der Waals surface area contributed by atoms with Crippen LogP contribution in [0.3, 0.4) is 0 Å². The fourth-order valence-electron chi connectivity index (χ4n) is 1.04. The molecule has 1 atom stereocenters. The maximum atomic E-state index is 10.6. The van der Waals surface area contributed by atoms with Crippen LogP contribution in [0.4, 0.5) is 0 Å². The minimum Gasteiger partial charge on any atom is -0.496 e. The van der Waals surface area contributed by atoms with Crippen LogP contribution >= 0.6 is 45.2 Å². The second-order valence-electron chi connectivity index (χ2n) is 2.75. The zero-order valence-electron chi connectivity index (χ0n) is 7.70. The first kappa shape index (κ1) is 13.0. The van der Waals surface area contributed by atoms with Gasteiger partial charge in [-0.05, 0) is 57.3 Å². The highest BCUT2D eigenvalue weighted by atomic mass is 127. The number of hydrogen-bond acceptors (Lipinski definition) is 3. The topological polar surface area (TPSA) is 66.8 Å². The minimum absolute atomic E-state index is 0.348. The first-order valence-corrected chi connectivity index (χ1v) is 6.07. The van der Waals surface area contributed by atoms with Crippen molar-refractivity contribution in [2.75, 3.05) is 7.11 Å². The van der Waals surface area contributed by atoms with E-state index in [-0.39, 0.29) is 0 Å². The van der Waals surface area contributed by atoms with E-state index in [2.05, 4.69) is 22.6 Å². The Morgan fingerprint density at radius 1 is 1.40 bits per heavy atom. The van der Waals surface area contributed by atoms with Crippen molar-refractivity contribution in [2.24, 2.45) is 0 Å². The first-order valence-electron chi connectivity index (χ1n) is 3.91. The van der Waals surface area contributed by atoms with Gasteiger partial charge < -0.3 is 14.9 Å². The second kappa shape index (κ2) is 5.30. The molecule has 0 aliphatic heterocycles. The standard InChI is InChI=1S/C9H8I2O4/c1-15-7-2-4(8(12)9(13)14)5(10)3-6(7)11/h2-3,8,12H,1H3,(H,13,14). The van der Waals surface area contributed by atoms with Crippen molar-refractivity contribution in [3.8, 4) is 5.75 Å². The van der Waals surface area contributed by atoms with Crippen molar-refractivity contribution in [3.63, 3.8) is 0 Å². The number of hydrogen-bond donors (Lipinski definition) is 2. The Morgan fingerprint density at radius 2 is 2.00 bits per heavy atom. The number of aliphatic hydroxyl groups excluding tert-OH is 1. The summed E-state index contributed by atoms with van der Waals surface area (Å²) in [6, 6.07) is 3.31. The Kier molecular flexibility index (Phi) is 4.59. The van der Waals surface area contributed by atoms with Crippen LogP contribution in [0.15, 0.2) is 12.1 Å². The maximum absolute atomic E-state index is 10.6. The molecule has 0 aliphatic rings. The van der Waals surface area contributed by atoms with Gasteiger partial charge in [0.2, 0.25) is 0 Å². The van der Waals surface area contributed by atoms with Crippen molar-refractivity contribution >= 4 is 51.2 Å². The Hall–Kier alpha value is -0.0900. The van der Waals surface area contributed by atoms with Gasteiger partial charge in [-0.1, -0.05) is 0 Å². The quantitative estimate of drug-likeness (QED) is 0.716. The summed E-state index contributed by atoms with van der Waals surface area (Å²) in [6.45, 7) is 0. The van der Waals surface area contributed by atoms with E-state index >= 15 is 0 Å². The number of aliphatic hydroxyl groups is 1. The van der Waals surface area contributed by atoms with E-state index in [0.29, 0.717) is 14.9 Å². The lowest BCUT2D eigenvalue weighted by Crippen LogP contribution is -2.12. The van der Waals surface area contributed by atoms with Gasteiger partial charge in [0.1, 0.15) is 5.75 Å². The lowest BCUT2D eigenvalue weighted by Gasteiger charge is -2.11. The van der Waals surface area contributed by atoms with E-state index < -0.39 is 12.1 Å². The summed E-state index contributed by atoms with van der Waals surface area (Å²) >= 11 is 4.07. The highest BCUT2D eigenvalue weighted by Gasteiger charge is 2.20. The van der Waals surface area contributed by atoms with Crippen LogP contribution in [0.2, 0.25) is 0 Å². The Balaban J connectivity index is 3.24. The summed E-state index contributed by atoms with van der Waals surface area (Å²) in [5.74, 6) is -0.706. The van der Waals surface area contributed by atoms with Crippen LogP contribution < -0.4 is 4.74 Å². The largest absolute Gasteiger partial charge is 0.496 e. The number of halogens is 2. The number of ether oxygens (including phenoxy) is 1. The van der Waals surface area contributed by atoms with Gasteiger partial charge in [-0.2, -0.15) is 0 Å². The van der Waals surface area contributed by atoms with Crippen LogP contribution in [0.25, 0.3) is 0 Å². The SMILES string of the molecule is COc1cc(C(O)C(=O)O)c(I)cc1I. The van der Waals surface area contributed by atoms with Crippen molar-refractivity contribution in [1.29, 1.82) is 0 Å². The molecule has 1 aromatic carbocycles. The number of methoxy groups -OCH3 is 1. The average Bonchev–Trinajstić information content (AvgIpc) is 2.17. The smallest absolute Gasteiger partial charge is 0.337 e. The van der Waals surface area contributed by atoms with E-state index in [0.717, 1.165) is 3.57 Å². The highest BCUT2D eigenvalue weighted by Crippen LogP contribution is 2.29. The molecule has 0 saturated heterocycles. The van der Waals surface area contributed by atoms with Gasteiger partial charge in [0.05, 0.1) is 10.7 Å². The van der Waals surface area contributed by atoms with Crippen LogP contribution in [0, 0.1) is 7.14 Å². The summed E-state index contributed by atoms with van der Waals surface area (Å²) in [5, 5.41) is 18.1. The van der Waals surface area contributed by atoms with Crippen molar-refractivity contribution in [1.82, 2.24) is 0 Å². The van der Waals surface area contributed by atoms with E-state index in [1.807, 2.05) is 22.6 Å². The lowest BCUT2D eigenvalue weighted by molar-refractivity contribution is -0.147. The molecule has 0 spiro atoms. The molecule has 0 heterocycles. The summed E-state index contributed by atoms with van der Waals surface area (Å²) < 4.78 is 6.63. The van der Waals surface area contributed by atoms with Gasteiger partial charge >= 0.3 is 5.97 Å². The third kappa shape index (κ3) is 2.94. The molecule has 0 bridgehead atoms. The van der Waals surface area contributed by atoms with Gasteiger partial charge in [0.15, 0.2) is 6.10 Å². The molecule has 82 valence electrons. The molecule has 2 N–H and O–H groups in total. The lowest BCUT2D eigenvalue weighted by atomic mass is 10.1. The zero-order chi connectivity index (χ0) is 11.6. The third-order valence-electron chi connectivity index (χ3n) is 1.80. The Bertz CT molecular complexity index is 392. The molecule has 0 aromatic heterocycles. The molecule has 15 heavy (non-hydrogen) atoms. The zero-order valence-corrected chi connectivity index (χ0v) is 12.0. The summed E-state index contributed by atoms with van der Waals surface area (Å²) in [7, 11) is 1.50. The third-order valence-corrected chi connectivity index (χ3v) is 3.58. The number of carbonyl (C=O) groups is 1. The van der Waals surface area contributed by atoms with Gasteiger partial charge in [0, 0.05) is 9.13 Å². The fourth-order valence-corrected chi connectivity index (χ4v) is 3.09. The number of carboxylic acids is 1. The van der Waals surface area contributed by atoms with Gasteiger partial charge in [0.25, 0.3) is 0 Å². The average molecular weight is 434 g/mol. The molecule has 1 rings (SSSR count). The molecule has 4 nitrogen and oxygen atoms in total.